The molecule has 0 heterocycles. The first kappa shape index (κ1) is 18.4. The van der Waals surface area contributed by atoms with E-state index in [1.54, 1.807) is 6.92 Å². The first-order valence-corrected chi connectivity index (χ1v) is 7.59. The third kappa shape index (κ3) is 7.77. The van der Waals surface area contributed by atoms with Crippen LogP contribution in [0.5, 0.6) is 0 Å². The zero-order valence-corrected chi connectivity index (χ0v) is 14.2. The third-order valence-electron chi connectivity index (χ3n) is 2.93. The highest BCUT2D eigenvalue weighted by molar-refractivity contribution is 5.98. The summed E-state index contributed by atoms with van der Waals surface area (Å²) in [4.78, 5) is 15.2. The summed E-state index contributed by atoms with van der Waals surface area (Å²) in [6, 6.07) is 20.1. The topological polar surface area (TPSA) is 41.5 Å². The van der Waals surface area contributed by atoms with Crippen molar-refractivity contribution < 1.29 is 4.79 Å². The maximum atomic E-state index is 10.8. The molecule has 0 saturated carbocycles. The Hall–Kier alpha value is -2.68. The molecule has 120 valence electrons. The molecule has 0 spiro atoms. The van der Waals surface area contributed by atoms with Gasteiger partial charge in [-0.25, -0.2) is 4.99 Å². The molecule has 2 aromatic carbocycles. The molecule has 0 bridgehead atoms. The van der Waals surface area contributed by atoms with Crippen molar-refractivity contribution in [3.05, 3.63) is 77.9 Å². The summed E-state index contributed by atoms with van der Waals surface area (Å²) in [5.41, 5.74) is 3.21. The van der Waals surface area contributed by atoms with Crippen LogP contribution in [-0.2, 0) is 4.79 Å². The predicted octanol–water partition coefficient (Wildman–Crippen LogP) is 4.60. The monoisotopic (exact) mass is 308 g/mol. The van der Waals surface area contributed by atoms with Gasteiger partial charge in [0.25, 0.3) is 0 Å². The van der Waals surface area contributed by atoms with Gasteiger partial charge in [-0.1, -0.05) is 72.3 Å². The van der Waals surface area contributed by atoms with Gasteiger partial charge in [0.05, 0.1) is 5.70 Å². The summed E-state index contributed by atoms with van der Waals surface area (Å²) in [5.74, 6) is 0.495. The van der Waals surface area contributed by atoms with E-state index in [9.17, 15) is 4.79 Å². The fourth-order valence-corrected chi connectivity index (χ4v) is 1.90. The van der Waals surface area contributed by atoms with Crippen LogP contribution in [0, 0.1) is 6.92 Å². The lowest BCUT2D eigenvalue weighted by Crippen LogP contribution is -2.25. The van der Waals surface area contributed by atoms with Gasteiger partial charge in [0.2, 0.25) is 5.91 Å². The Morgan fingerprint density at radius 3 is 1.87 bits per heavy atom. The van der Waals surface area contributed by atoms with Crippen LogP contribution in [0.15, 0.2) is 71.7 Å². The number of amides is 1. The van der Waals surface area contributed by atoms with Crippen molar-refractivity contribution in [3.63, 3.8) is 0 Å². The lowest BCUT2D eigenvalue weighted by atomic mass is 10.1. The van der Waals surface area contributed by atoms with Crippen LogP contribution >= 0.6 is 0 Å². The lowest BCUT2D eigenvalue weighted by Gasteiger charge is -2.04. The van der Waals surface area contributed by atoms with Gasteiger partial charge in [-0.2, -0.15) is 0 Å². The highest BCUT2D eigenvalue weighted by atomic mass is 16.1. The van der Waals surface area contributed by atoms with Gasteiger partial charge >= 0.3 is 0 Å². The van der Waals surface area contributed by atoms with Crippen LogP contribution < -0.4 is 5.32 Å². The van der Waals surface area contributed by atoms with Gasteiger partial charge in [0, 0.05) is 6.92 Å². The van der Waals surface area contributed by atoms with E-state index in [0.29, 0.717) is 5.84 Å². The molecule has 0 saturated heterocycles. The normalized spacial score (nSPS) is 11.3. The highest BCUT2D eigenvalue weighted by Crippen LogP contribution is 2.14. The van der Waals surface area contributed by atoms with Crippen molar-refractivity contribution in [1.29, 1.82) is 0 Å². The zero-order valence-electron chi connectivity index (χ0n) is 14.2. The lowest BCUT2D eigenvalue weighted by molar-refractivity contribution is -0.117. The number of aliphatic imine (C=N–C) groups is 1. The molecule has 3 nitrogen and oxygen atoms in total. The van der Waals surface area contributed by atoms with Crippen molar-refractivity contribution in [2.24, 2.45) is 4.99 Å². The van der Waals surface area contributed by atoms with Crippen molar-refractivity contribution in [2.45, 2.75) is 27.7 Å². The van der Waals surface area contributed by atoms with Crippen LogP contribution in [0.1, 0.15) is 31.9 Å². The summed E-state index contributed by atoms with van der Waals surface area (Å²) >= 11 is 0. The van der Waals surface area contributed by atoms with E-state index >= 15 is 0 Å². The smallest absolute Gasteiger partial charge is 0.222 e. The number of aryl methyl sites for hydroxylation is 1. The summed E-state index contributed by atoms with van der Waals surface area (Å²) in [6.07, 6.45) is 1.92. The maximum Gasteiger partial charge on any atom is 0.222 e. The minimum absolute atomic E-state index is 0.107. The quantitative estimate of drug-likeness (QED) is 0.639. The minimum Gasteiger partial charge on any atom is -0.315 e. The van der Waals surface area contributed by atoms with Gasteiger partial charge in [-0.15, -0.1) is 0 Å². The Morgan fingerprint density at radius 1 is 0.957 bits per heavy atom. The summed E-state index contributed by atoms with van der Waals surface area (Å²) in [7, 11) is 0. The fourth-order valence-electron chi connectivity index (χ4n) is 1.90. The third-order valence-corrected chi connectivity index (χ3v) is 2.93. The first-order chi connectivity index (χ1) is 11.0. The van der Waals surface area contributed by atoms with Gasteiger partial charge in [-0.3, -0.25) is 4.79 Å². The van der Waals surface area contributed by atoms with Crippen LogP contribution in [0.2, 0.25) is 0 Å². The molecule has 1 amide bonds. The Bertz CT molecular complexity index is 659. The molecular weight excluding hydrogens is 284 g/mol. The van der Waals surface area contributed by atoms with E-state index in [-0.39, 0.29) is 5.91 Å². The highest BCUT2D eigenvalue weighted by Gasteiger charge is 1.99. The molecule has 0 radical (unpaired) electrons. The van der Waals surface area contributed by atoms with E-state index in [1.165, 1.54) is 12.5 Å². The standard InChI is InChI=1S/C13H16N2O.C7H8/c1-4-13(12-8-6-5-7-9-12)15-10(2)14-11(3)16;1-7-5-3-2-4-6-7/h4-9H,1-3H3,(H,14,15,16);2-6H,1H3/b13-4-;. The van der Waals surface area contributed by atoms with Crippen molar-refractivity contribution >= 4 is 17.4 Å². The Morgan fingerprint density at radius 2 is 1.48 bits per heavy atom. The van der Waals surface area contributed by atoms with E-state index in [0.717, 1.165) is 11.3 Å². The number of rotatable bonds is 2. The Balaban J connectivity index is 0.000000313. The largest absolute Gasteiger partial charge is 0.315 e. The Kier molecular flexibility index (Phi) is 8.08. The number of nitrogens with zero attached hydrogens (tertiary/aromatic N) is 1. The van der Waals surface area contributed by atoms with E-state index in [2.05, 4.69) is 29.4 Å². The molecule has 1 N–H and O–H groups in total. The van der Waals surface area contributed by atoms with Crippen LogP contribution in [0.3, 0.4) is 0 Å². The van der Waals surface area contributed by atoms with Gasteiger partial charge in [0.1, 0.15) is 5.84 Å². The van der Waals surface area contributed by atoms with Gasteiger partial charge in [-0.05, 0) is 26.3 Å². The Labute approximate surface area is 138 Å². The maximum absolute atomic E-state index is 10.8. The number of nitrogens with one attached hydrogen (secondary N) is 1. The fraction of sp³-hybridized carbons (Fsp3) is 0.200. The zero-order chi connectivity index (χ0) is 17.1. The molecule has 0 aliphatic rings. The number of benzene rings is 2. The van der Waals surface area contributed by atoms with Crippen molar-refractivity contribution in [2.75, 3.05) is 0 Å². The second kappa shape index (κ2) is 10.1. The molecular formula is C20H24N2O. The van der Waals surface area contributed by atoms with E-state index in [1.807, 2.05) is 61.5 Å². The van der Waals surface area contributed by atoms with Crippen molar-refractivity contribution in [1.82, 2.24) is 5.32 Å². The number of carbonyl (C=O) groups is 1. The summed E-state index contributed by atoms with van der Waals surface area (Å²) < 4.78 is 0. The minimum atomic E-state index is -0.107. The van der Waals surface area contributed by atoms with Crippen LogP contribution in [0.25, 0.3) is 5.70 Å². The first-order valence-electron chi connectivity index (χ1n) is 7.59. The van der Waals surface area contributed by atoms with Gasteiger partial charge in [0.15, 0.2) is 0 Å². The molecule has 0 aliphatic carbocycles. The number of amidine groups is 1. The second-order valence-electron chi connectivity index (χ2n) is 5.07. The van der Waals surface area contributed by atoms with E-state index in [4.69, 9.17) is 0 Å². The van der Waals surface area contributed by atoms with Crippen LogP contribution in [-0.4, -0.2) is 11.7 Å². The predicted molar refractivity (Wildman–Crippen MR) is 98.2 cm³/mol. The molecule has 2 rings (SSSR count). The molecule has 2 aromatic rings. The average Bonchev–Trinajstić information content (AvgIpc) is 2.54. The molecule has 23 heavy (non-hydrogen) atoms. The van der Waals surface area contributed by atoms with Gasteiger partial charge < -0.3 is 5.32 Å². The number of allylic oxidation sites excluding steroid dienone is 1. The molecule has 0 unspecified atom stereocenters. The molecule has 0 fully saturated rings. The second-order valence-corrected chi connectivity index (χ2v) is 5.07. The number of carbonyl (C=O) groups excluding carboxylic acids is 1. The van der Waals surface area contributed by atoms with E-state index < -0.39 is 0 Å². The number of hydrogen-bond donors (Lipinski definition) is 1. The molecule has 0 aromatic heterocycles. The SMILES string of the molecule is C/C=C(\N=C(C)NC(C)=O)c1ccccc1.Cc1ccccc1. The summed E-state index contributed by atoms with van der Waals surface area (Å²) in [5, 5.41) is 2.65. The number of hydrogen-bond acceptors (Lipinski definition) is 2. The van der Waals surface area contributed by atoms with Crippen LogP contribution in [0.4, 0.5) is 0 Å². The summed E-state index contributed by atoms with van der Waals surface area (Å²) in [6.45, 7) is 7.25. The molecule has 0 aliphatic heterocycles. The van der Waals surface area contributed by atoms with Crippen molar-refractivity contribution in [3.8, 4) is 0 Å². The average molecular weight is 308 g/mol. The molecule has 3 heteroatoms. The molecule has 0 atom stereocenters.